The van der Waals surface area contributed by atoms with Gasteiger partial charge in [0.15, 0.2) is 0 Å². The first-order valence-corrected chi connectivity index (χ1v) is 11.7. The molecule has 0 aliphatic carbocycles. The minimum Gasteiger partial charge on any atom is -0.480 e. The molecule has 2 N–H and O–H groups in total. The van der Waals surface area contributed by atoms with Crippen LogP contribution in [0.4, 0.5) is 10.1 Å². The van der Waals surface area contributed by atoms with Gasteiger partial charge in [0.05, 0.1) is 4.88 Å². The molecule has 1 heterocycles. The van der Waals surface area contributed by atoms with Gasteiger partial charge >= 0.3 is 5.97 Å². The number of carbonyl (C=O) groups excluding carboxylic acids is 1. The van der Waals surface area contributed by atoms with Crippen molar-refractivity contribution < 1.29 is 19.1 Å². The van der Waals surface area contributed by atoms with Crippen molar-refractivity contribution in [2.45, 2.75) is 17.1 Å². The third-order valence-electron chi connectivity index (χ3n) is 4.74. The Balaban J connectivity index is 1.66. The highest BCUT2D eigenvalue weighted by atomic mass is 32.2. The number of carbonyl (C=O) groups is 2. The molecule has 0 bridgehead atoms. The number of benzene rings is 3. The fourth-order valence-corrected chi connectivity index (χ4v) is 4.91. The molecule has 3 aromatic carbocycles. The van der Waals surface area contributed by atoms with Crippen LogP contribution >= 0.6 is 23.1 Å². The van der Waals surface area contributed by atoms with E-state index in [2.05, 4.69) is 10.3 Å². The molecule has 0 spiro atoms. The van der Waals surface area contributed by atoms with Gasteiger partial charge in [-0.25, -0.2) is 9.37 Å². The summed E-state index contributed by atoms with van der Waals surface area (Å²) in [6, 6.07) is 22.5. The van der Waals surface area contributed by atoms with E-state index in [1.54, 1.807) is 6.92 Å². The first kappa shape index (κ1) is 22.7. The SMILES string of the molecule is CC(Sc1ccc(-c2nc(C(=O)Nc3ccc(F)cc3)c(-c3ccccc3)s2)cc1)C(=O)O. The van der Waals surface area contributed by atoms with Gasteiger partial charge in [0, 0.05) is 16.1 Å². The maximum absolute atomic E-state index is 13.2. The fourth-order valence-electron chi connectivity index (χ4n) is 3.04. The number of amides is 1. The van der Waals surface area contributed by atoms with E-state index in [0.29, 0.717) is 10.7 Å². The van der Waals surface area contributed by atoms with Gasteiger partial charge < -0.3 is 10.4 Å². The molecule has 166 valence electrons. The lowest BCUT2D eigenvalue weighted by Gasteiger charge is -2.06. The van der Waals surface area contributed by atoms with Crippen LogP contribution in [0.1, 0.15) is 17.4 Å². The summed E-state index contributed by atoms with van der Waals surface area (Å²) in [6.45, 7) is 1.64. The van der Waals surface area contributed by atoms with E-state index in [0.717, 1.165) is 20.9 Å². The van der Waals surface area contributed by atoms with Crippen LogP contribution in [0.25, 0.3) is 21.0 Å². The highest BCUT2D eigenvalue weighted by Crippen LogP contribution is 2.36. The Morgan fingerprint density at radius 2 is 1.64 bits per heavy atom. The second kappa shape index (κ2) is 9.97. The monoisotopic (exact) mass is 478 g/mol. The van der Waals surface area contributed by atoms with Crippen LogP contribution in [-0.4, -0.2) is 27.2 Å². The molecule has 4 rings (SSSR count). The topological polar surface area (TPSA) is 79.3 Å². The summed E-state index contributed by atoms with van der Waals surface area (Å²) in [7, 11) is 0. The molecular formula is C25H19FN2O3S2. The molecule has 0 saturated heterocycles. The van der Waals surface area contributed by atoms with Crippen LogP contribution in [0, 0.1) is 5.82 Å². The zero-order valence-electron chi connectivity index (χ0n) is 17.5. The minimum atomic E-state index is -0.867. The number of aromatic nitrogens is 1. The summed E-state index contributed by atoms with van der Waals surface area (Å²) in [6.07, 6.45) is 0. The van der Waals surface area contributed by atoms with Gasteiger partial charge in [-0.15, -0.1) is 23.1 Å². The van der Waals surface area contributed by atoms with Crippen molar-refractivity contribution >= 4 is 40.7 Å². The summed E-state index contributed by atoms with van der Waals surface area (Å²) in [5, 5.41) is 12.0. The summed E-state index contributed by atoms with van der Waals surface area (Å²) in [4.78, 5) is 30.3. The van der Waals surface area contributed by atoms with E-state index in [4.69, 9.17) is 5.11 Å². The van der Waals surface area contributed by atoms with Crippen molar-refractivity contribution in [1.29, 1.82) is 0 Å². The van der Waals surface area contributed by atoms with Gasteiger partial charge in [-0.2, -0.15) is 0 Å². The predicted octanol–water partition coefficient (Wildman–Crippen LogP) is 6.43. The summed E-state index contributed by atoms with van der Waals surface area (Å²) in [5.74, 6) is -1.63. The summed E-state index contributed by atoms with van der Waals surface area (Å²) >= 11 is 2.66. The molecule has 4 aromatic rings. The van der Waals surface area contributed by atoms with E-state index in [1.165, 1.54) is 47.4 Å². The third-order valence-corrected chi connectivity index (χ3v) is 7.00. The number of hydrogen-bond acceptors (Lipinski definition) is 5. The molecule has 0 radical (unpaired) electrons. The zero-order valence-corrected chi connectivity index (χ0v) is 19.1. The van der Waals surface area contributed by atoms with Crippen molar-refractivity contribution in [1.82, 2.24) is 4.98 Å². The fraction of sp³-hybridized carbons (Fsp3) is 0.0800. The number of thiazole rings is 1. The molecule has 1 amide bonds. The van der Waals surface area contributed by atoms with E-state index in [-0.39, 0.29) is 17.4 Å². The second-order valence-electron chi connectivity index (χ2n) is 7.15. The van der Waals surface area contributed by atoms with E-state index < -0.39 is 11.2 Å². The smallest absolute Gasteiger partial charge is 0.316 e. The molecule has 1 aromatic heterocycles. The third kappa shape index (κ3) is 5.47. The molecular weight excluding hydrogens is 459 g/mol. The van der Waals surface area contributed by atoms with Crippen molar-refractivity contribution in [3.05, 3.63) is 90.4 Å². The lowest BCUT2D eigenvalue weighted by molar-refractivity contribution is -0.136. The van der Waals surface area contributed by atoms with Crippen LogP contribution in [0.5, 0.6) is 0 Å². The molecule has 0 aliphatic heterocycles. The highest BCUT2D eigenvalue weighted by Gasteiger charge is 2.21. The summed E-state index contributed by atoms with van der Waals surface area (Å²) in [5.41, 5.74) is 2.45. The van der Waals surface area contributed by atoms with Crippen LogP contribution in [0.3, 0.4) is 0 Å². The number of rotatable bonds is 7. The van der Waals surface area contributed by atoms with E-state index >= 15 is 0 Å². The van der Waals surface area contributed by atoms with Crippen LogP contribution in [0.2, 0.25) is 0 Å². The number of hydrogen-bond donors (Lipinski definition) is 2. The van der Waals surface area contributed by atoms with Crippen LogP contribution in [0.15, 0.2) is 83.8 Å². The molecule has 0 aliphatic rings. The quantitative estimate of drug-likeness (QED) is 0.299. The van der Waals surface area contributed by atoms with Gasteiger partial charge in [0.25, 0.3) is 5.91 Å². The van der Waals surface area contributed by atoms with E-state index in [1.807, 2.05) is 54.6 Å². The molecule has 0 saturated carbocycles. The molecule has 0 fully saturated rings. The number of carboxylic acid groups (broad SMARTS) is 1. The lowest BCUT2D eigenvalue weighted by Crippen LogP contribution is -2.13. The number of carboxylic acids is 1. The van der Waals surface area contributed by atoms with Gasteiger partial charge in [-0.3, -0.25) is 9.59 Å². The second-order valence-corrected chi connectivity index (χ2v) is 9.56. The average molecular weight is 479 g/mol. The number of nitrogens with zero attached hydrogens (tertiary/aromatic N) is 1. The molecule has 8 heteroatoms. The first-order valence-electron chi connectivity index (χ1n) is 10.0. The van der Waals surface area contributed by atoms with Gasteiger partial charge in [-0.1, -0.05) is 42.5 Å². The zero-order chi connectivity index (χ0) is 23.4. The molecule has 1 unspecified atom stereocenters. The number of halogens is 1. The standard InChI is InChI=1S/C25H19FN2O3S2/c1-15(25(30)31)32-20-13-7-17(8-14-20)24-28-21(22(33-24)16-5-3-2-4-6-16)23(29)27-19-11-9-18(26)10-12-19/h2-15H,1H3,(H,27,29)(H,30,31). The Hall–Kier alpha value is -3.49. The normalized spacial score (nSPS) is 11.7. The van der Waals surface area contributed by atoms with Crippen LogP contribution < -0.4 is 5.32 Å². The Morgan fingerprint density at radius 1 is 0.970 bits per heavy atom. The Morgan fingerprint density at radius 3 is 2.27 bits per heavy atom. The Kier molecular flexibility index (Phi) is 6.86. The Labute approximate surface area is 198 Å². The minimum absolute atomic E-state index is 0.281. The Bertz CT molecular complexity index is 1270. The molecule has 33 heavy (non-hydrogen) atoms. The maximum atomic E-state index is 13.2. The maximum Gasteiger partial charge on any atom is 0.316 e. The lowest BCUT2D eigenvalue weighted by atomic mass is 10.1. The predicted molar refractivity (Wildman–Crippen MR) is 130 cm³/mol. The summed E-state index contributed by atoms with van der Waals surface area (Å²) < 4.78 is 13.2. The van der Waals surface area contributed by atoms with Gasteiger partial charge in [0.2, 0.25) is 0 Å². The number of anilines is 1. The number of aliphatic carboxylic acids is 1. The highest BCUT2D eigenvalue weighted by molar-refractivity contribution is 8.00. The molecule has 5 nitrogen and oxygen atoms in total. The van der Waals surface area contributed by atoms with Crippen molar-refractivity contribution in [2.75, 3.05) is 5.32 Å². The van der Waals surface area contributed by atoms with Crippen LogP contribution in [-0.2, 0) is 4.79 Å². The van der Waals surface area contributed by atoms with Crippen molar-refractivity contribution in [3.8, 4) is 21.0 Å². The average Bonchev–Trinajstić information content (AvgIpc) is 3.27. The van der Waals surface area contributed by atoms with Gasteiger partial charge in [0.1, 0.15) is 21.8 Å². The van der Waals surface area contributed by atoms with Crippen molar-refractivity contribution in [2.24, 2.45) is 0 Å². The first-order chi connectivity index (χ1) is 15.9. The largest absolute Gasteiger partial charge is 0.480 e. The number of thioether (sulfide) groups is 1. The van der Waals surface area contributed by atoms with Gasteiger partial charge in [-0.05, 0) is 48.9 Å². The number of nitrogens with one attached hydrogen (secondary N) is 1. The van der Waals surface area contributed by atoms with Crippen molar-refractivity contribution in [3.63, 3.8) is 0 Å². The molecule has 1 atom stereocenters. The van der Waals surface area contributed by atoms with E-state index in [9.17, 15) is 14.0 Å².